The molecule has 2 aromatic rings. The second-order valence-electron chi connectivity index (χ2n) is 5.59. The zero-order valence-corrected chi connectivity index (χ0v) is 14.8. The highest BCUT2D eigenvalue weighted by atomic mass is 79.9. The van der Waals surface area contributed by atoms with Gasteiger partial charge >= 0.3 is 0 Å². The summed E-state index contributed by atoms with van der Waals surface area (Å²) >= 11 is 7.19. The summed E-state index contributed by atoms with van der Waals surface area (Å²) in [6, 6.07) is 6.30. The van der Waals surface area contributed by atoms with Crippen molar-refractivity contribution in [1.29, 1.82) is 0 Å². The maximum atomic E-state index is 4.80. The molecular weight excluding hydrogens is 368 g/mol. The van der Waals surface area contributed by atoms with Crippen molar-refractivity contribution in [3.63, 3.8) is 0 Å². The van der Waals surface area contributed by atoms with Crippen molar-refractivity contribution in [1.82, 2.24) is 4.98 Å². The van der Waals surface area contributed by atoms with Crippen LogP contribution in [0.3, 0.4) is 0 Å². The first-order valence-electron chi connectivity index (χ1n) is 6.37. The number of nitrogens with zero attached hydrogens (tertiary/aromatic N) is 1. The number of nitrogens with one attached hydrogen (secondary N) is 1. The number of halogens is 2. The van der Waals surface area contributed by atoms with Crippen LogP contribution in [0.2, 0.25) is 0 Å². The summed E-state index contributed by atoms with van der Waals surface area (Å²) in [4.78, 5) is 4.80. The monoisotopic (exact) mass is 384 g/mol. The second-order valence-corrected chi connectivity index (χ2v) is 7.30. The number of hydrogen-bond acceptors (Lipinski definition) is 2. The van der Waals surface area contributed by atoms with Crippen LogP contribution in [0.4, 0.5) is 5.82 Å². The number of fused-ring (bicyclic) bond motifs is 1. The van der Waals surface area contributed by atoms with E-state index in [0.29, 0.717) is 0 Å². The third-order valence-electron chi connectivity index (χ3n) is 3.03. The van der Waals surface area contributed by atoms with Gasteiger partial charge in [0.25, 0.3) is 0 Å². The molecule has 0 spiro atoms. The van der Waals surface area contributed by atoms with E-state index in [1.165, 1.54) is 5.56 Å². The molecular formula is C15H18Br2N2. The molecule has 0 unspecified atom stereocenters. The van der Waals surface area contributed by atoms with Gasteiger partial charge in [-0.05, 0) is 46.5 Å². The van der Waals surface area contributed by atoms with Crippen molar-refractivity contribution >= 4 is 48.6 Å². The lowest BCUT2D eigenvalue weighted by molar-refractivity contribution is 0.590. The van der Waals surface area contributed by atoms with Crippen LogP contribution in [0.5, 0.6) is 0 Å². The number of pyridine rings is 1. The number of benzene rings is 1. The first-order valence-corrected chi connectivity index (χ1v) is 7.96. The minimum atomic E-state index is 0.0560. The molecule has 4 heteroatoms. The lowest BCUT2D eigenvalue weighted by atomic mass is 9.86. The van der Waals surface area contributed by atoms with Crippen molar-refractivity contribution in [3.05, 3.63) is 32.7 Å². The summed E-state index contributed by atoms with van der Waals surface area (Å²) in [5.74, 6) is 0.973. The summed E-state index contributed by atoms with van der Waals surface area (Å²) in [5, 5.41) is 4.51. The van der Waals surface area contributed by atoms with Crippen molar-refractivity contribution in [2.24, 2.45) is 0 Å². The van der Waals surface area contributed by atoms with Gasteiger partial charge < -0.3 is 5.32 Å². The first kappa shape index (κ1) is 14.8. The molecule has 1 aromatic carbocycles. The van der Waals surface area contributed by atoms with Crippen LogP contribution in [-0.2, 0) is 5.41 Å². The maximum Gasteiger partial charge on any atom is 0.130 e. The molecule has 0 aliphatic rings. The number of hydrogen-bond donors (Lipinski definition) is 1. The molecule has 0 bridgehead atoms. The van der Waals surface area contributed by atoms with Gasteiger partial charge in [0.05, 0.1) is 5.52 Å². The van der Waals surface area contributed by atoms with Gasteiger partial charge in [0.1, 0.15) is 5.82 Å². The lowest BCUT2D eigenvalue weighted by Gasteiger charge is -2.23. The normalized spacial score (nSPS) is 11.9. The van der Waals surface area contributed by atoms with Crippen molar-refractivity contribution in [2.45, 2.75) is 33.1 Å². The van der Waals surface area contributed by atoms with Crippen LogP contribution >= 0.6 is 31.9 Å². The van der Waals surface area contributed by atoms with Gasteiger partial charge in [-0.15, -0.1) is 0 Å². The molecule has 0 aliphatic carbocycles. The molecule has 1 heterocycles. The van der Waals surface area contributed by atoms with Crippen LogP contribution in [0, 0.1) is 0 Å². The topological polar surface area (TPSA) is 24.9 Å². The Morgan fingerprint density at radius 3 is 2.37 bits per heavy atom. The summed E-state index contributed by atoms with van der Waals surface area (Å²) in [6.45, 7) is 9.59. The number of rotatable bonds is 2. The fraction of sp³-hybridized carbons (Fsp3) is 0.400. The zero-order valence-electron chi connectivity index (χ0n) is 11.6. The fourth-order valence-corrected chi connectivity index (χ4v) is 2.94. The molecule has 0 fully saturated rings. The highest BCUT2D eigenvalue weighted by Crippen LogP contribution is 2.36. The van der Waals surface area contributed by atoms with E-state index in [1.807, 2.05) is 12.1 Å². The van der Waals surface area contributed by atoms with Gasteiger partial charge in [-0.3, -0.25) is 0 Å². The Labute approximate surface area is 131 Å². The third kappa shape index (κ3) is 2.95. The molecule has 0 atom stereocenters. The highest BCUT2D eigenvalue weighted by molar-refractivity contribution is 9.11. The molecule has 1 N–H and O–H groups in total. The Kier molecular flexibility index (Phi) is 4.21. The zero-order chi connectivity index (χ0) is 14.2. The molecule has 0 saturated heterocycles. The van der Waals surface area contributed by atoms with Crippen LogP contribution < -0.4 is 5.32 Å². The van der Waals surface area contributed by atoms with Crippen LogP contribution in [0.25, 0.3) is 10.9 Å². The Morgan fingerprint density at radius 1 is 1.16 bits per heavy atom. The summed E-state index contributed by atoms with van der Waals surface area (Å²) in [5.41, 5.74) is 2.28. The van der Waals surface area contributed by atoms with Crippen LogP contribution in [-0.4, -0.2) is 11.5 Å². The third-order valence-corrected chi connectivity index (χ3v) is 4.37. The van der Waals surface area contributed by atoms with E-state index < -0.39 is 0 Å². The Morgan fingerprint density at radius 2 is 1.79 bits per heavy atom. The maximum absolute atomic E-state index is 4.80. The van der Waals surface area contributed by atoms with E-state index in [0.717, 1.165) is 32.2 Å². The van der Waals surface area contributed by atoms with Crippen molar-refractivity contribution < 1.29 is 0 Å². The summed E-state index contributed by atoms with van der Waals surface area (Å²) in [6.07, 6.45) is 0. The molecule has 102 valence electrons. The van der Waals surface area contributed by atoms with Crippen molar-refractivity contribution in [3.8, 4) is 0 Å². The quantitative estimate of drug-likeness (QED) is 0.739. The Balaban J connectivity index is 2.80. The molecule has 0 amide bonds. The lowest BCUT2D eigenvalue weighted by Crippen LogP contribution is -2.16. The molecule has 0 saturated carbocycles. The van der Waals surface area contributed by atoms with Gasteiger partial charge in [0.15, 0.2) is 0 Å². The van der Waals surface area contributed by atoms with Gasteiger partial charge in [-0.1, -0.05) is 36.7 Å². The Bertz CT molecular complexity index is 616. The summed E-state index contributed by atoms with van der Waals surface area (Å²) in [7, 11) is 0. The number of aromatic nitrogens is 1. The second kappa shape index (κ2) is 5.41. The first-order chi connectivity index (χ1) is 8.84. The highest BCUT2D eigenvalue weighted by Gasteiger charge is 2.21. The average molecular weight is 386 g/mol. The number of anilines is 1. The minimum absolute atomic E-state index is 0.0560. The fourth-order valence-electron chi connectivity index (χ4n) is 2.07. The molecule has 0 aliphatic heterocycles. The van der Waals surface area contributed by atoms with Crippen molar-refractivity contribution in [2.75, 3.05) is 11.9 Å². The van der Waals surface area contributed by atoms with Gasteiger partial charge in [0.2, 0.25) is 0 Å². The predicted octanol–water partition coefficient (Wildman–Crippen LogP) is 5.49. The Hall–Kier alpha value is -0.610. The van der Waals surface area contributed by atoms with Gasteiger partial charge in [-0.2, -0.15) is 0 Å². The van der Waals surface area contributed by atoms with Gasteiger partial charge in [-0.25, -0.2) is 4.98 Å². The SMILES string of the molecule is CCNc1nc2c(Br)ccc(Br)c2cc1C(C)(C)C. The molecule has 19 heavy (non-hydrogen) atoms. The van der Waals surface area contributed by atoms with E-state index in [2.05, 4.69) is 70.9 Å². The van der Waals surface area contributed by atoms with E-state index in [4.69, 9.17) is 4.98 Å². The van der Waals surface area contributed by atoms with E-state index in [9.17, 15) is 0 Å². The van der Waals surface area contributed by atoms with Crippen LogP contribution in [0.15, 0.2) is 27.1 Å². The van der Waals surface area contributed by atoms with E-state index >= 15 is 0 Å². The smallest absolute Gasteiger partial charge is 0.130 e. The van der Waals surface area contributed by atoms with E-state index in [-0.39, 0.29) is 5.41 Å². The molecule has 1 aromatic heterocycles. The van der Waals surface area contributed by atoms with Crippen LogP contribution in [0.1, 0.15) is 33.3 Å². The minimum Gasteiger partial charge on any atom is -0.370 e. The molecule has 2 rings (SSSR count). The molecule has 2 nitrogen and oxygen atoms in total. The largest absolute Gasteiger partial charge is 0.370 e. The van der Waals surface area contributed by atoms with E-state index in [1.54, 1.807) is 0 Å². The molecule has 0 radical (unpaired) electrons. The average Bonchev–Trinajstić information content (AvgIpc) is 2.33. The predicted molar refractivity (Wildman–Crippen MR) is 90.0 cm³/mol. The summed E-state index contributed by atoms with van der Waals surface area (Å²) < 4.78 is 2.09. The van der Waals surface area contributed by atoms with Gasteiger partial charge in [0, 0.05) is 26.4 Å². The standard InChI is InChI=1S/C15H18Br2N2/c1-5-18-14-10(15(2,3)4)8-9-11(16)6-7-12(17)13(9)19-14/h6-8H,5H2,1-4H3,(H,18,19).